The van der Waals surface area contributed by atoms with Gasteiger partial charge in [0.2, 0.25) is 0 Å². The van der Waals surface area contributed by atoms with Gasteiger partial charge in [-0.15, -0.1) is 0 Å². The third-order valence-corrected chi connectivity index (χ3v) is 4.49. The van der Waals surface area contributed by atoms with Crippen LogP contribution in [0.5, 0.6) is 0 Å². The van der Waals surface area contributed by atoms with Crippen LogP contribution < -0.4 is 0 Å². The number of nitrogens with zero attached hydrogens (tertiary/aromatic N) is 1. The fourth-order valence-corrected chi connectivity index (χ4v) is 2.88. The average Bonchev–Trinajstić information content (AvgIpc) is 2.75. The normalized spacial score (nSPS) is 16.7. The molecule has 28 heavy (non-hydrogen) atoms. The molecule has 1 aliphatic heterocycles. The lowest BCUT2D eigenvalue weighted by Gasteiger charge is -2.32. The molecule has 0 bridgehead atoms. The molecule has 0 spiro atoms. The van der Waals surface area contributed by atoms with Gasteiger partial charge in [-0.1, -0.05) is 17.7 Å². The number of hydrogen-bond acceptors (Lipinski definition) is 5. The van der Waals surface area contributed by atoms with E-state index in [4.69, 9.17) is 25.9 Å². The molecular weight excluding hydrogens is 389 g/mol. The number of carbonyl (C=O) groups excluding carboxylic acids is 2. The minimum absolute atomic E-state index is 0.0233. The molecule has 1 amide bonds. The van der Waals surface area contributed by atoms with E-state index in [-0.39, 0.29) is 28.7 Å². The van der Waals surface area contributed by atoms with Crippen LogP contribution in [-0.4, -0.2) is 35.9 Å². The molecule has 0 saturated carbocycles. The van der Waals surface area contributed by atoms with E-state index in [1.807, 2.05) is 0 Å². The van der Waals surface area contributed by atoms with E-state index in [2.05, 4.69) is 0 Å². The van der Waals surface area contributed by atoms with Gasteiger partial charge in [-0.2, -0.15) is 0 Å². The van der Waals surface area contributed by atoms with Crippen LogP contribution in [0.25, 0.3) is 5.57 Å². The molecule has 0 aromatic heterocycles. The summed E-state index contributed by atoms with van der Waals surface area (Å²) in [7, 11) is 0. The molecule has 1 heterocycles. The third kappa shape index (κ3) is 4.21. The van der Waals surface area contributed by atoms with Crippen LogP contribution >= 0.6 is 11.6 Å². The van der Waals surface area contributed by atoms with Gasteiger partial charge in [0, 0.05) is 12.2 Å². The SMILES string of the molecule is CCOCON1C(=O)C(c2c(F)cccc2Cl)=C(OC(=O)C(C)(C)C)C1(C)C. The maximum Gasteiger partial charge on any atom is 0.316 e. The minimum atomic E-state index is -1.20. The van der Waals surface area contributed by atoms with Gasteiger partial charge in [-0.25, -0.2) is 14.3 Å². The van der Waals surface area contributed by atoms with Gasteiger partial charge in [0.1, 0.15) is 17.1 Å². The standard InChI is InChI=1S/C20H25ClFNO5/c1-7-26-11-27-23-17(24)15(14-12(21)9-8-10-13(14)22)16(20(23,5)6)28-18(25)19(2,3)4/h8-10H,7,11H2,1-6H3. The van der Waals surface area contributed by atoms with Crippen molar-refractivity contribution in [1.82, 2.24) is 5.06 Å². The minimum Gasteiger partial charge on any atom is -0.427 e. The second-order valence-electron chi connectivity index (χ2n) is 7.84. The summed E-state index contributed by atoms with van der Waals surface area (Å²) in [4.78, 5) is 31.1. The molecule has 8 heteroatoms. The second-order valence-corrected chi connectivity index (χ2v) is 8.25. The van der Waals surface area contributed by atoms with Crippen molar-refractivity contribution in [2.24, 2.45) is 5.41 Å². The van der Waals surface area contributed by atoms with E-state index in [1.54, 1.807) is 41.5 Å². The van der Waals surface area contributed by atoms with E-state index in [9.17, 15) is 14.0 Å². The lowest BCUT2D eigenvalue weighted by atomic mass is 9.95. The first-order valence-corrected chi connectivity index (χ1v) is 9.27. The molecule has 0 N–H and O–H groups in total. The molecule has 1 aliphatic rings. The molecule has 0 fully saturated rings. The highest BCUT2D eigenvalue weighted by atomic mass is 35.5. The van der Waals surface area contributed by atoms with E-state index in [0.29, 0.717) is 6.61 Å². The first-order chi connectivity index (χ1) is 12.9. The number of benzene rings is 1. The number of halogens is 2. The lowest BCUT2D eigenvalue weighted by Crippen LogP contribution is -2.45. The molecule has 0 unspecified atom stereocenters. The first-order valence-electron chi connectivity index (χ1n) is 8.89. The summed E-state index contributed by atoms with van der Waals surface area (Å²) >= 11 is 6.18. The summed E-state index contributed by atoms with van der Waals surface area (Å²) in [6, 6.07) is 4.07. The Hall–Kier alpha value is -1.96. The monoisotopic (exact) mass is 413 g/mol. The van der Waals surface area contributed by atoms with Gasteiger partial charge in [-0.3, -0.25) is 9.59 Å². The maximum atomic E-state index is 14.6. The smallest absolute Gasteiger partial charge is 0.316 e. The summed E-state index contributed by atoms with van der Waals surface area (Å²) in [5.74, 6) is -1.98. The van der Waals surface area contributed by atoms with Crippen molar-refractivity contribution < 1.29 is 28.3 Å². The van der Waals surface area contributed by atoms with E-state index in [1.165, 1.54) is 18.2 Å². The molecule has 6 nitrogen and oxygen atoms in total. The van der Waals surface area contributed by atoms with Gasteiger partial charge in [-0.05, 0) is 53.7 Å². The Balaban J connectivity index is 2.62. The summed E-state index contributed by atoms with van der Waals surface area (Å²) in [5.41, 5.74) is -2.32. The van der Waals surface area contributed by atoms with Gasteiger partial charge >= 0.3 is 5.97 Å². The highest BCUT2D eigenvalue weighted by Crippen LogP contribution is 2.44. The van der Waals surface area contributed by atoms with E-state index in [0.717, 1.165) is 5.06 Å². The van der Waals surface area contributed by atoms with E-state index >= 15 is 0 Å². The van der Waals surface area contributed by atoms with Crippen molar-refractivity contribution in [1.29, 1.82) is 0 Å². The molecule has 154 valence electrons. The predicted octanol–water partition coefficient (Wildman–Crippen LogP) is 4.33. The molecule has 0 saturated heterocycles. The highest BCUT2D eigenvalue weighted by Gasteiger charge is 2.51. The Kier molecular flexibility index (Phi) is 6.53. The fourth-order valence-electron chi connectivity index (χ4n) is 2.62. The number of hydrogen-bond donors (Lipinski definition) is 0. The Morgan fingerprint density at radius 1 is 1.29 bits per heavy atom. The largest absolute Gasteiger partial charge is 0.427 e. The zero-order chi connectivity index (χ0) is 21.3. The first kappa shape index (κ1) is 22.3. The van der Waals surface area contributed by atoms with Crippen LogP contribution in [0, 0.1) is 11.2 Å². The summed E-state index contributed by atoms with van der Waals surface area (Å²) in [6.07, 6.45) is 0. The van der Waals surface area contributed by atoms with Gasteiger partial charge < -0.3 is 9.47 Å². The second kappa shape index (κ2) is 8.19. The van der Waals surface area contributed by atoms with Crippen LogP contribution in [0.1, 0.15) is 47.1 Å². The quantitative estimate of drug-likeness (QED) is 0.394. The molecule has 1 aromatic carbocycles. The Morgan fingerprint density at radius 3 is 2.46 bits per heavy atom. The molecular formula is C20H25ClFNO5. The van der Waals surface area contributed by atoms with Crippen molar-refractivity contribution >= 4 is 29.1 Å². The number of hydroxylamine groups is 2. The van der Waals surface area contributed by atoms with Crippen LogP contribution in [0.15, 0.2) is 24.0 Å². The zero-order valence-electron chi connectivity index (χ0n) is 16.9. The van der Waals surface area contributed by atoms with Crippen molar-refractivity contribution in [3.63, 3.8) is 0 Å². The van der Waals surface area contributed by atoms with E-state index < -0.39 is 28.6 Å². The number of amides is 1. The lowest BCUT2D eigenvalue weighted by molar-refractivity contribution is -0.243. The van der Waals surface area contributed by atoms with Crippen LogP contribution in [0.2, 0.25) is 5.02 Å². The molecule has 0 atom stereocenters. The molecule has 1 aromatic rings. The van der Waals surface area contributed by atoms with Crippen LogP contribution in [0.3, 0.4) is 0 Å². The Bertz CT molecular complexity index is 793. The fraction of sp³-hybridized carbons (Fsp3) is 0.500. The number of ether oxygens (including phenoxy) is 2. The average molecular weight is 414 g/mol. The summed E-state index contributed by atoms with van der Waals surface area (Å²) in [6.45, 7) is 10.3. The van der Waals surface area contributed by atoms with Gasteiger partial charge in [0.15, 0.2) is 6.79 Å². The van der Waals surface area contributed by atoms with Crippen LogP contribution in [0.4, 0.5) is 4.39 Å². The van der Waals surface area contributed by atoms with Crippen molar-refractivity contribution in [3.05, 3.63) is 40.4 Å². The molecule has 0 radical (unpaired) electrons. The number of esters is 1. The van der Waals surface area contributed by atoms with Gasteiger partial charge in [0.25, 0.3) is 5.91 Å². The third-order valence-electron chi connectivity index (χ3n) is 4.18. The summed E-state index contributed by atoms with van der Waals surface area (Å²) in [5, 5.41) is 1.04. The Labute approximate surface area is 169 Å². The number of rotatable bonds is 6. The topological polar surface area (TPSA) is 65.1 Å². The highest BCUT2D eigenvalue weighted by molar-refractivity contribution is 6.35. The molecule has 2 rings (SSSR count). The van der Waals surface area contributed by atoms with Crippen molar-refractivity contribution in [2.75, 3.05) is 13.4 Å². The van der Waals surface area contributed by atoms with Crippen LogP contribution in [-0.2, 0) is 23.9 Å². The zero-order valence-corrected chi connectivity index (χ0v) is 17.6. The maximum absolute atomic E-state index is 14.6. The van der Waals surface area contributed by atoms with Crippen molar-refractivity contribution in [3.8, 4) is 0 Å². The predicted molar refractivity (Wildman–Crippen MR) is 102 cm³/mol. The molecule has 0 aliphatic carbocycles. The Morgan fingerprint density at radius 2 is 1.93 bits per heavy atom. The van der Waals surface area contributed by atoms with Crippen molar-refractivity contribution in [2.45, 2.75) is 47.1 Å². The summed E-state index contributed by atoms with van der Waals surface area (Å²) < 4.78 is 25.4. The number of carbonyl (C=O) groups is 2. The van der Waals surface area contributed by atoms with Gasteiger partial charge in [0.05, 0.1) is 16.0 Å².